The van der Waals surface area contributed by atoms with E-state index < -0.39 is 0 Å². The molecule has 0 bridgehead atoms. The highest BCUT2D eigenvalue weighted by atomic mass is 16.5. The second-order valence-corrected chi connectivity index (χ2v) is 5.39. The van der Waals surface area contributed by atoms with E-state index in [-0.39, 0.29) is 11.9 Å². The summed E-state index contributed by atoms with van der Waals surface area (Å²) in [5, 5.41) is 2.96. The average molecular weight is 297 g/mol. The Morgan fingerprint density at radius 1 is 1.14 bits per heavy atom. The number of benzene rings is 2. The minimum atomic E-state index is -0.0529. The summed E-state index contributed by atoms with van der Waals surface area (Å²) in [6.07, 6.45) is 1.77. The van der Waals surface area contributed by atoms with E-state index in [0.29, 0.717) is 12.2 Å². The number of hydrogen-bond donors (Lipinski definition) is 1. The molecule has 0 heterocycles. The Morgan fingerprint density at radius 2 is 1.91 bits per heavy atom. The van der Waals surface area contributed by atoms with E-state index in [2.05, 4.69) is 17.4 Å². The summed E-state index contributed by atoms with van der Waals surface area (Å²) in [5.74, 6) is 0.676. The molecule has 3 heteroatoms. The first-order valence-electron chi connectivity index (χ1n) is 7.76. The normalized spacial score (nSPS) is 11.7. The van der Waals surface area contributed by atoms with Gasteiger partial charge in [0.1, 0.15) is 5.75 Å². The summed E-state index contributed by atoms with van der Waals surface area (Å²) >= 11 is 0. The molecule has 2 aromatic rings. The summed E-state index contributed by atoms with van der Waals surface area (Å²) in [4.78, 5) is 12.1. The lowest BCUT2D eigenvalue weighted by Crippen LogP contribution is -2.31. The third kappa shape index (κ3) is 4.92. The highest BCUT2D eigenvalue weighted by molar-refractivity contribution is 5.94. The molecule has 0 aliphatic rings. The molecule has 0 spiro atoms. The van der Waals surface area contributed by atoms with Crippen molar-refractivity contribution in [2.75, 3.05) is 6.61 Å². The van der Waals surface area contributed by atoms with Gasteiger partial charge in [0.2, 0.25) is 0 Å². The SMILES string of the molecule is CCC(C)NC(=O)c1cccc(OCCc2ccccc2)c1. The van der Waals surface area contributed by atoms with Crippen LogP contribution in [-0.2, 0) is 6.42 Å². The van der Waals surface area contributed by atoms with E-state index in [4.69, 9.17) is 4.74 Å². The summed E-state index contributed by atoms with van der Waals surface area (Å²) in [7, 11) is 0. The lowest BCUT2D eigenvalue weighted by atomic mass is 10.1. The largest absolute Gasteiger partial charge is 0.493 e. The monoisotopic (exact) mass is 297 g/mol. The topological polar surface area (TPSA) is 38.3 Å². The van der Waals surface area contributed by atoms with Crippen molar-refractivity contribution in [1.29, 1.82) is 0 Å². The van der Waals surface area contributed by atoms with Crippen LogP contribution in [0.1, 0.15) is 36.2 Å². The van der Waals surface area contributed by atoms with Crippen LogP contribution < -0.4 is 10.1 Å². The Kier molecular flexibility index (Phi) is 6.01. The van der Waals surface area contributed by atoms with Gasteiger partial charge in [-0.15, -0.1) is 0 Å². The summed E-state index contributed by atoms with van der Waals surface area (Å²) in [6, 6.07) is 17.7. The molecule has 22 heavy (non-hydrogen) atoms. The number of carbonyl (C=O) groups excluding carboxylic acids is 1. The Hall–Kier alpha value is -2.29. The Labute approximate surface area is 132 Å². The number of hydrogen-bond acceptors (Lipinski definition) is 2. The number of nitrogens with one attached hydrogen (secondary N) is 1. The molecule has 1 N–H and O–H groups in total. The molecule has 0 aliphatic heterocycles. The quantitative estimate of drug-likeness (QED) is 0.843. The molecule has 0 saturated heterocycles. The van der Waals surface area contributed by atoms with Crippen molar-refractivity contribution in [3.63, 3.8) is 0 Å². The maximum absolute atomic E-state index is 12.1. The van der Waals surface area contributed by atoms with Gasteiger partial charge >= 0.3 is 0 Å². The molecular weight excluding hydrogens is 274 g/mol. The third-order valence-corrected chi connectivity index (χ3v) is 3.59. The smallest absolute Gasteiger partial charge is 0.251 e. The fourth-order valence-electron chi connectivity index (χ4n) is 2.07. The minimum absolute atomic E-state index is 0.0529. The molecular formula is C19H23NO2. The Balaban J connectivity index is 1.89. The molecule has 3 nitrogen and oxygen atoms in total. The number of rotatable bonds is 7. The van der Waals surface area contributed by atoms with Gasteiger partial charge in [-0.3, -0.25) is 4.79 Å². The molecule has 1 amide bonds. The predicted octanol–water partition coefficient (Wildman–Crippen LogP) is 3.84. The van der Waals surface area contributed by atoms with Gasteiger partial charge in [-0.25, -0.2) is 0 Å². The van der Waals surface area contributed by atoms with E-state index >= 15 is 0 Å². The van der Waals surface area contributed by atoms with Crippen LogP contribution in [0.15, 0.2) is 54.6 Å². The van der Waals surface area contributed by atoms with Gasteiger partial charge in [0, 0.05) is 18.0 Å². The van der Waals surface area contributed by atoms with Crippen LogP contribution in [0.4, 0.5) is 0 Å². The van der Waals surface area contributed by atoms with Crippen LogP contribution in [0.25, 0.3) is 0 Å². The van der Waals surface area contributed by atoms with Gasteiger partial charge in [0.15, 0.2) is 0 Å². The van der Waals surface area contributed by atoms with Crippen molar-refractivity contribution in [2.24, 2.45) is 0 Å². The molecule has 0 fully saturated rings. The fraction of sp³-hybridized carbons (Fsp3) is 0.316. The molecule has 0 saturated carbocycles. The molecule has 0 radical (unpaired) electrons. The van der Waals surface area contributed by atoms with Crippen molar-refractivity contribution >= 4 is 5.91 Å². The van der Waals surface area contributed by atoms with E-state index in [1.165, 1.54) is 5.56 Å². The highest BCUT2D eigenvalue weighted by Crippen LogP contribution is 2.14. The summed E-state index contributed by atoms with van der Waals surface area (Å²) < 4.78 is 5.75. The molecule has 2 aromatic carbocycles. The summed E-state index contributed by atoms with van der Waals surface area (Å²) in [5.41, 5.74) is 1.88. The standard InChI is InChI=1S/C19H23NO2/c1-3-15(2)20-19(21)17-10-7-11-18(14-17)22-13-12-16-8-5-4-6-9-16/h4-11,14-15H,3,12-13H2,1-2H3,(H,20,21). The zero-order chi connectivity index (χ0) is 15.8. The van der Waals surface area contributed by atoms with Crippen molar-refractivity contribution in [1.82, 2.24) is 5.32 Å². The zero-order valence-electron chi connectivity index (χ0n) is 13.2. The van der Waals surface area contributed by atoms with Crippen molar-refractivity contribution in [3.8, 4) is 5.75 Å². The molecule has 1 atom stereocenters. The minimum Gasteiger partial charge on any atom is -0.493 e. The second-order valence-electron chi connectivity index (χ2n) is 5.39. The fourth-order valence-corrected chi connectivity index (χ4v) is 2.07. The van der Waals surface area contributed by atoms with Gasteiger partial charge in [-0.1, -0.05) is 43.3 Å². The first-order valence-corrected chi connectivity index (χ1v) is 7.76. The van der Waals surface area contributed by atoms with Crippen LogP contribution in [0, 0.1) is 0 Å². The first kappa shape index (κ1) is 16.1. The molecule has 0 aromatic heterocycles. The lowest BCUT2D eigenvalue weighted by molar-refractivity contribution is 0.0939. The number of amides is 1. The van der Waals surface area contributed by atoms with Gasteiger partial charge in [0.25, 0.3) is 5.91 Å². The van der Waals surface area contributed by atoms with Crippen LogP contribution in [0.3, 0.4) is 0 Å². The van der Waals surface area contributed by atoms with Crippen molar-refractivity contribution < 1.29 is 9.53 Å². The summed E-state index contributed by atoms with van der Waals surface area (Å²) in [6.45, 7) is 4.65. The Bertz CT molecular complexity index is 595. The van der Waals surface area contributed by atoms with Crippen molar-refractivity contribution in [3.05, 3.63) is 65.7 Å². The van der Waals surface area contributed by atoms with Crippen LogP contribution in [0.2, 0.25) is 0 Å². The molecule has 2 rings (SSSR count). The molecule has 1 unspecified atom stereocenters. The second kappa shape index (κ2) is 8.23. The first-order chi connectivity index (χ1) is 10.7. The van der Waals surface area contributed by atoms with E-state index in [9.17, 15) is 4.79 Å². The van der Waals surface area contributed by atoms with E-state index in [1.807, 2.05) is 50.2 Å². The predicted molar refractivity (Wildman–Crippen MR) is 89.3 cm³/mol. The van der Waals surface area contributed by atoms with Crippen LogP contribution >= 0.6 is 0 Å². The van der Waals surface area contributed by atoms with Crippen LogP contribution in [0.5, 0.6) is 5.75 Å². The molecule has 0 aliphatic carbocycles. The van der Waals surface area contributed by atoms with Gasteiger partial charge in [-0.05, 0) is 37.1 Å². The third-order valence-electron chi connectivity index (χ3n) is 3.59. The van der Waals surface area contributed by atoms with E-state index in [1.54, 1.807) is 6.07 Å². The van der Waals surface area contributed by atoms with Gasteiger partial charge in [0.05, 0.1) is 6.61 Å². The average Bonchev–Trinajstić information content (AvgIpc) is 2.56. The van der Waals surface area contributed by atoms with Crippen LogP contribution in [-0.4, -0.2) is 18.6 Å². The maximum atomic E-state index is 12.1. The highest BCUT2D eigenvalue weighted by Gasteiger charge is 2.09. The van der Waals surface area contributed by atoms with E-state index in [0.717, 1.165) is 18.6 Å². The van der Waals surface area contributed by atoms with Crippen molar-refractivity contribution in [2.45, 2.75) is 32.7 Å². The lowest BCUT2D eigenvalue weighted by Gasteiger charge is -2.12. The van der Waals surface area contributed by atoms with Gasteiger partial charge in [-0.2, -0.15) is 0 Å². The van der Waals surface area contributed by atoms with Gasteiger partial charge < -0.3 is 10.1 Å². The number of carbonyl (C=O) groups is 1. The zero-order valence-corrected chi connectivity index (χ0v) is 13.2. The maximum Gasteiger partial charge on any atom is 0.251 e. The molecule has 116 valence electrons. The Morgan fingerprint density at radius 3 is 2.64 bits per heavy atom. The number of ether oxygens (including phenoxy) is 1.